The van der Waals surface area contributed by atoms with E-state index < -0.39 is 0 Å². The van der Waals surface area contributed by atoms with E-state index >= 15 is 0 Å². The molecule has 0 spiro atoms. The summed E-state index contributed by atoms with van der Waals surface area (Å²) in [6, 6.07) is 13.5. The highest BCUT2D eigenvalue weighted by Gasteiger charge is 2.25. The van der Waals surface area contributed by atoms with E-state index in [1.54, 1.807) is 18.1 Å². The number of nitrogens with zero attached hydrogens (tertiary/aromatic N) is 3. The van der Waals surface area contributed by atoms with Crippen LogP contribution in [0.15, 0.2) is 42.5 Å². The van der Waals surface area contributed by atoms with Crippen molar-refractivity contribution < 1.29 is 14.3 Å². The third-order valence-corrected chi connectivity index (χ3v) is 5.97. The molecule has 0 aliphatic carbocycles. The van der Waals surface area contributed by atoms with E-state index in [1.165, 1.54) is 0 Å². The summed E-state index contributed by atoms with van der Waals surface area (Å²) in [6.45, 7) is 8.32. The number of halogens is 1. The monoisotopic (exact) mass is 458 g/mol. The van der Waals surface area contributed by atoms with E-state index in [9.17, 15) is 9.59 Å². The third kappa shape index (κ3) is 5.27. The number of rotatable bonds is 8. The van der Waals surface area contributed by atoms with Crippen LogP contribution in [0.2, 0.25) is 0 Å². The van der Waals surface area contributed by atoms with Crippen LogP contribution in [0, 0.1) is 0 Å². The summed E-state index contributed by atoms with van der Waals surface area (Å²) >= 11 is 5.63. The average Bonchev–Trinajstić information content (AvgIpc) is 2.84. The van der Waals surface area contributed by atoms with Crippen LogP contribution in [-0.2, 0) is 4.79 Å². The van der Waals surface area contributed by atoms with Crippen LogP contribution in [0.3, 0.4) is 0 Å². The Labute approximate surface area is 194 Å². The number of benzene rings is 2. The van der Waals surface area contributed by atoms with Gasteiger partial charge in [0.1, 0.15) is 11.6 Å². The Kier molecular flexibility index (Phi) is 8.22. The predicted octanol–water partition coefficient (Wildman–Crippen LogP) is 3.68. The molecule has 2 aromatic carbocycles. The first-order valence-corrected chi connectivity index (χ1v) is 11.5. The number of carbonyl (C=O) groups excluding carboxylic acids is 2. The van der Waals surface area contributed by atoms with Crippen LogP contribution in [0.4, 0.5) is 17.1 Å². The molecule has 2 amide bonds. The molecule has 0 bridgehead atoms. The van der Waals surface area contributed by atoms with Gasteiger partial charge in [0.2, 0.25) is 5.91 Å². The van der Waals surface area contributed by atoms with Gasteiger partial charge < -0.3 is 24.8 Å². The van der Waals surface area contributed by atoms with Crippen LogP contribution in [0.25, 0.3) is 0 Å². The zero-order valence-electron chi connectivity index (χ0n) is 18.9. The molecule has 8 heteroatoms. The van der Waals surface area contributed by atoms with E-state index in [1.807, 2.05) is 44.2 Å². The minimum Gasteiger partial charge on any atom is -0.495 e. The van der Waals surface area contributed by atoms with E-state index in [0.717, 1.165) is 43.3 Å². The van der Waals surface area contributed by atoms with Crippen molar-refractivity contribution in [1.82, 2.24) is 4.90 Å². The molecule has 1 saturated heterocycles. The lowest BCUT2D eigenvalue weighted by molar-refractivity contribution is -0.113. The molecule has 7 nitrogen and oxygen atoms in total. The molecule has 2 aromatic rings. The predicted molar refractivity (Wildman–Crippen MR) is 130 cm³/mol. The quantitative estimate of drug-likeness (QED) is 0.611. The molecule has 1 N–H and O–H groups in total. The molecule has 1 fully saturated rings. The van der Waals surface area contributed by atoms with Crippen molar-refractivity contribution in [3.8, 4) is 5.75 Å². The summed E-state index contributed by atoms with van der Waals surface area (Å²) in [5, 5.41) is 2.75. The number of ether oxygens (including phenoxy) is 1. The number of piperazine rings is 1. The standard InChI is InChI=1S/C24H31ClN4O3/c1-4-27(5-2)24(31)19-16-18(26-23(30)17-25)10-11-20(19)28-12-14-29(15-13-28)21-8-6-7-9-22(21)32-3/h6-11,16H,4-5,12-15,17H2,1-3H3,(H,26,30). The Bertz CT molecular complexity index is 941. The summed E-state index contributed by atoms with van der Waals surface area (Å²) in [4.78, 5) is 31.4. The largest absolute Gasteiger partial charge is 0.495 e. The van der Waals surface area contributed by atoms with E-state index in [-0.39, 0.29) is 17.7 Å². The first-order valence-electron chi connectivity index (χ1n) is 10.9. The Morgan fingerprint density at radius 3 is 2.22 bits per heavy atom. The lowest BCUT2D eigenvalue weighted by atomic mass is 10.1. The molecule has 32 heavy (non-hydrogen) atoms. The van der Waals surface area contributed by atoms with E-state index in [2.05, 4.69) is 21.2 Å². The summed E-state index contributed by atoms with van der Waals surface area (Å²) in [7, 11) is 1.69. The van der Waals surface area contributed by atoms with Crippen molar-refractivity contribution in [3.05, 3.63) is 48.0 Å². The molecule has 172 valence electrons. The number of anilines is 3. The number of amides is 2. The lowest BCUT2D eigenvalue weighted by Gasteiger charge is -2.38. The number of para-hydroxylation sites is 2. The summed E-state index contributed by atoms with van der Waals surface area (Å²) < 4.78 is 5.52. The fraction of sp³-hybridized carbons (Fsp3) is 0.417. The third-order valence-electron chi connectivity index (χ3n) is 5.73. The van der Waals surface area contributed by atoms with Crippen molar-refractivity contribution in [2.24, 2.45) is 0 Å². The molecule has 1 aliphatic heterocycles. The minimum atomic E-state index is -0.300. The number of carbonyl (C=O) groups is 2. The second-order valence-corrected chi connectivity index (χ2v) is 7.80. The molecular formula is C24H31ClN4O3. The van der Waals surface area contributed by atoms with Crippen molar-refractivity contribution >= 4 is 40.5 Å². The Balaban J connectivity index is 1.85. The van der Waals surface area contributed by atoms with Gasteiger partial charge in [0.05, 0.1) is 18.4 Å². The van der Waals surface area contributed by atoms with Crippen molar-refractivity contribution in [1.29, 1.82) is 0 Å². The van der Waals surface area contributed by atoms with Gasteiger partial charge in [0.25, 0.3) is 5.91 Å². The van der Waals surface area contributed by atoms with Crippen molar-refractivity contribution in [2.75, 3.05) is 67.4 Å². The second kappa shape index (κ2) is 11.1. The van der Waals surface area contributed by atoms with Gasteiger partial charge in [0, 0.05) is 50.6 Å². The van der Waals surface area contributed by atoms with Crippen LogP contribution in [0.1, 0.15) is 24.2 Å². The molecule has 0 saturated carbocycles. The highest BCUT2D eigenvalue weighted by atomic mass is 35.5. The highest BCUT2D eigenvalue weighted by molar-refractivity contribution is 6.29. The van der Waals surface area contributed by atoms with Gasteiger partial charge in [-0.2, -0.15) is 0 Å². The average molecular weight is 459 g/mol. The van der Waals surface area contributed by atoms with Crippen LogP contribution in [-0.4, -0.2) is 69.0 Å². The number of hydrogen-bond donors (Lipinski definition) is 1. The lowest BCUT2D eigenvalue weighted by Crippen LogP contribution is -2.47. The minimum absolute atomic E-state index is 0.0425. The second-order valence-electron chi connectivity index (χ2n) is 7.54. The topological polar surface area (TPSA) is 65.1 Å². The maximum Gasteiger partial charge on any atom is 0.256 e. The van der Waals surface area contributed by atoms with Crippen LogP contribution >= 0.6 is 11.6 Å². The maximum absolute atomic E-state index is 13.3. The first kappa shape index (κ1) is 23.7. The first-order chi connectivity index (χ1) is 15.5. The smallest absolute Gasteiger partial charge is 0.256 e. The van der Waals surface area contributed by atoms with Gasteiger partial charge in [-0.25, -0.2) is 0 Å². The number of alkyl halides is 1. The summed E-state index contributed by atoms with van der Waals surface area (Å²) in [5.74, 6) is 0.384. The van der Waals surface area contributed by atoms with Gasteiger partial charge in [0.15, 0.2) is 0 Å². The highest BCUT2D eigenvalue weighted by Crippen LogP contribution is 2.31. The fourth-order valence-corrected chi connectivity index (χ4v) is 4.08. The zero-order chi connectivity index (χ0) is 23.1. The van der Waals surface area contributed by atoms with Gasteiger partial charge in [-0.15, -0.1) is 11.6 Å². The molecule has 0 aromatic heterocycles. The van der Waals surface area contributed by atoms with E-state index in [4.69, 9.17) is 16.3 Å². The zero-order valence-corrected chi connectivity index (χ0v) is 19.7. The van der Waals surface area contributed by atoms with E-state index in [0.29, 0.717) is 24.3 Å². The van der Waals surface area contributed by atoms with Gasteiger partial charge in [-0.1, -0.05) is 12.1 Å². The molecule has 3 rings (SSSR count). The Morgan fingerprint density at radius 1 is 1.00 bits per heavy atom. The maximum atomic E-state index is 13.3. The molecule has 1 heterocycles. The molecule has 0 atom stereocenters. The van der Waals surface area contributed by atoms with Gasteiger partial charge in [-0.05, 0) is 44.2 Å². The van der Waals surface area contributed by atoms with Gasteiger partial charge in [-0.3, -0.25) is 9.59 Å². The van der Waals surface area contributed by atoms with Crippen LogP contribution < -0.4 is 19.9 Å². The van der Waals surface area contributed by atoms with Gasteiger partial charge >= 0.3 is 0 Å². The summed E-state index contributed by atoms with van der Waals surface area (Å²) in [5.41, 5.74) is 3.12. The van der Waals surface area contributed by atoms with Crippen molar-refractivity contribution in [2.45, 2.75) is 13.8 Å². The Morgan fingerprint density at radius 2 is 1.62 bits per heavy atom. The molecule has 1 aliphatic rings. The molecule has 0 unspecified atom stereocenters. The Hall–Kier alpha value is -2.93. The molecular weight excluding hydrogens is 428 g/mol. The summed E-state index contributed by atoms with van der Waals surface area (Å²) in [6.07, 6.45) is 0. The van der Waals surface area contributed by atoms with Crippen LogP contribution in [0.5, 0.6) is 5.75 Å². The SMILES string of the molecule is CCN(CC)C(=O)c1cc(NC(=O)CCl)ccc1N1CCN(c2ccccc2OC)CC1. The number of hydrogen-bond acceptors (Lipinski definition) is 5. The molecule has 0 radical (unpaired) electrons. The van der Waals surface area contributed by atoms with Crippen molar-refractivity contribution in [3.63, 3.8) is 0 Å². The fourth-order valence-electron chi connectivity index (χ4n) is 4.02. The number of methoxy groups -OCH3 is 1. The normalized spacial score (nSPS) is 13.6. The number of nitrogens with one attached hydrogen (secondary N) is 1.